The molecular weight excluding hydrogens is 165 g/mol. The zero-order valence-corrected chi connectivity index (χ0v) is 8.02. The Morgan fingerprint density at radius 2 is 2.08 bits per heavy atom. The lowest BCUT2D eigenvalue weighted by molar-refractivity contribution is 0.623. The second-order valence-corrected chi connectivity index (χ2v) is 3.30. The molecule has 1 rings (SSSR count). The van der Waals surface area contributed by atoms with Gasteiger partial charge in [0.2, 0.25) is 0 Å². The van der Waals surface area contributed by atoms with Gasteiger partial charge in [0, 0.05) is 5.69 Å². The molecule has 0 aliphatic carbocycles. The minimum absolute atomic E-state index is 0.194. The molecule has 0 saturated carbocycles. The lowest BCUT2D eigenvalue weighted by Crippen LogP contribution is -1.95. The third-order valence-electron chi connectivity index (χ3n) is 2.15. The highest BCUT2D eigenvalue weighted by molar-refractivity contribution is 5.46. The molecule has 0 bridgehead atoms. The molecule has 0 fully saturated rings. The summed E-state index contributed by atoms with van der Waals surface area (Å²) in [5.41, 5.74) is 7.35. The number of hydrogen-bond donors (Lipinski definition) is 1. The van der Waals surface area contributed by atoms with Gasteiger partial charge in [0.1, 0.15) is 5.82 Å². The molecule has 2 heteroatoms. The van der Waals surface area contributed by atoms with Gasteiger partial charge in [-0.2, -0.15) is 0 Å². The summed E-state index contributed by atoms with van der Waals surface area (Å²) in [7, 11) is 0. The van der Waals surface area contributed by atoms with Gasteiger partial charge in [0.25, 0.3) is 0 Å². The van der Waals surface area contributed by atoms with Gasteiger partial charge in [0.05, 0.1) is 0 Å². The molecule has 0 spiro atoms. The van der Waals surface area contributed by atoms with Crippen molar-refractivity contribution in [2.24, 2.45) is 0 Å². The van der Waals surface area contributed by atoms with Crippen LogP contribution in [-0.4, -0.2) is 0 Å². The van der Waals surface area contributed by atoms with Crippen LogP contribution in [0.3, 0.4) is 0 Å². The summed E-state index contributed by atoms with van der Waals surface area (Å²) in [5, 5.41) is 0. The highest BCUT2D eigenvalue weighted by Gasteiger charge is 2.00. The zero-order chi connectivity index (χ0) is 9.68. The van der Waals surface area contributed by atoms with Crippen LogP contribution in [0.5, 0.6) is 0 Å². The van der Waals surface area contributed by atoms with Gasteiger partial charge in [-0.25, -0.2) is 4.39 Å². The van der Waals surface area contributed by atoms with Gasteiger partial charge in [-0.3, -0.25) is 0 Å². The second kappa shape index (κ2) is 4.85. The van der Waals surface area contributed by atoms with Crippen LogP contribution in [0.15, 0.2) is 18.2 Å². The largest absolute Gasteiger partial charge is 0.399 e. The van der Waals surface area contributed by atoms with Crippen LogP contribution in [0.2, 0.25) is 0 Å². The van der Waals surface area contributed by atoms with Gasteiger partial charge in [-0.1, -0.05) is 19.8 Å². The monoisotopic (exact) mass is 181 g/mol. The first-order valence-corrected chi connectivity index (χ1v) is 4.78. The van der Waals surface area contributed by atoms with E-state index in [0.29, 0.717) is 5.69 Å². The van der Waals surface area contributed by atoms with Crippen molar-refractivity contribution in [3.63, 3.8) is 0 Å². The lowest BCUT2D eigenvalue weighted by Gasteiger charge is -2.04. The molecule has 1 aromatic carbocycles. The van der Waals surface area contributed by atoms with Crippen LogP contribution in [-0.2, 0) is 6.42 Å². The molecule has 0 atom stereocenters. The smallest absolute Gasteiger partial charge is 0.123 e. The Labute approximate surface area is 78.8 Å². The predicted octanol–water partition coefficient (Wildman–Crippen LogP) is 3.14. The molecular formula is C11H16FN. The SMILES string of the molecule is CCCCCc1cc(F)ccc1N. The van der Waals surface area contributed by atoms with E-state index >= 15 is 0 Å². The number of halogens is 1. The topological polar surface area (TPSA) is 26.0 Å². The van der Waals surface area contributed by atoms with Crippen molar-refractivity contribution < 1.29 is 4.39 Å². The van der Waals surface area contributed by atoms with Crippen LogP contribution in [0.4, 0.5) is 10.1 Å². The van der Waals surface area contributed by atoms with E-state index in [1.807, 2.05) is 0 Å². The van der Waals surface area contributed by atoms with E-state index in [2.05, 4.69) is 6.92 Å². The predicted molar refractivity (Wildman–Crippen MR) is 54.0 cm³/mol. The molecule has 0 heterocycles. The fourth-order valence-electron chi connectivity index (χ4n) is 1.36. The number of hydrogen-bond acceptors (Lipinski definition) is 1. The van der Waals surface area contributed by atoms with E-state index in [1.165, 1.54) is 25.0 Å². The summed E-state index contributed by atoms with van der Waals surface area (Å²) >= 11 is 0. The molecule has 0 saturated heterocycles. The van der Waals surface area contributed by atoms with Gasteiger partial charge in [-0.05, 0) is 36.6 Å². The summed E-state index contributed by atoms with van der Waals surface area (Å²) in [6.07, 6.45) is 4.33. The van der Waals surface area contributed by atoms with Crippen LogP contribution in [0.25, 0.3) is 0 Å². The Hall–Kier alpha value is -1.05. The molecule has 0 unspecified atom stereocenters. The summed E-state index contributed by atoms with van der Waals surface area (Å²) < 4.78 is 12.8. The number of rotatable bonds is 4. The third-order valence-corrected chi connectivity index (χ3v) is 2.15. The summed E-state index contributed by atoms with van der Waals surface area (Å²) in [6, 6.07) is 4.57. The average Bonchev–Trinajstić information content (AvgIpc) is 2.11. The normalized spacial score (nSPS) is 10.3. The van der Waals surface area contributed by atoms with E-state index in [9.17, 15) is 4.39 Å². The number of unbranched alkanes of at least 4 members (excludes halogenated alkanes) is 2. The maximum Gasteiger partial charge on any atom is 0.123 e. The number of benzene rings is 1. The van der Waals surface area contributed by atoms with Crippen molar-refractivity contribution in [1.82, 2.24) is 0 Å². The summed E-state index contributed by atoms with van der Waals surface area (Å²) in [4.78, 5) is 0. The fraction of sp³-hybridized carbons (Fsp3) is 0.455. The molecule has 0 aliphatic heterocycles. The van der Waals surface area contributed by atoms with Gasteiger partial charge >= 0.3 is 0 Å². The number of aryl methyl sites for hydroxylation is 1. The zero-order valence-electron chi connectivity index (χ0n) is 8.02. The Morgan fingerprint density at radius 3 is 2.77 bits per heavy atom. The maximum absolute atomic E-state index is 12.8. The standard InChI is InChI=1S/C11H16FN/c1-2-3-4-5-9-8-10(12)6-7-11(9)13/h6-8H,2-5,13H2,1H3. The van der Waals surface area contributed by atoms with E-state index in [0.717, 1.165) is 18.4 Å². The molecule has 72 valence electrons. The molecule has 13 heavy (non-hydrogen) atoms. The highest BCUT2D eigenvalue weighted by atomic mass is 19.1. The molecule has 1 nitrogen and oxygen atoms in total. The Balaban J connectivity index is 2.59. The van der Waals surface area contributed by atoms with Crippen molar-refractivity contribution >= 4 is 5.69 Å². The molecule has 0 radical (unpaired) electrons. The van der Waals surface area contributed by atoms with Gasteiger partial charge in [-0.15, -0.1) is 0 Å². The Kier molecular flexibility index (Phi) is 3.74. The average molecular weight is 181 g/mol. The Morgan fingerprint density at radius 1 is 1.31 bits per heavy atom. The molecule has 0 aliphatic rings. The molecule has 0 amide bonds. The molecule has 0 aromatic heterocycles. The van der Waals surface area contributed by atoms with Crippen molar-refractivity contribution in [2.75, 3.05) is 5.73 Å². The van der Waals surface area contributed by atoms with Crippen LogP contribution >= 0.6 is 0 Å². The Bertz CT molecular complexity index is 271. The fourth-order valence-corrected chi connectivity index (χ4v) is 1.36. The van der Waals surface area contributed by atoms with E-state index in [-0.39, 0.29) is 5.82 Å². The van der Waals surface area contributed by atoms with Crippen LogP contribution < -0.4 is 5.73 Å². The van der Waals surface area contributed by atoms with Crippen LogP contribution in [0, 0.1) is 5.82 Å². The number of nitrogen functional groups attached to an aromatic ring is 1. The van der Waals surface area contributed by atoms with Gasteiger partial charge in [0.15, 0.2) is 0 Å². The quantitative estimate of drug-likeness (QED) is 0.560. The van der Waals surface area contributed by atoms with Crippen molar-refractivity contribution in [3.05, 3.63) is 29.6 Å². The van der Waals surface area contributed by atoms with E-state index in [4.69, 9.17) is 5.73 Å². The minimum atomic E-state index is -0.194. The summed E-state index contributed by atoms with van der Waals surface area (Å²) in [6.45, 7) is 2.15. The lowest BCUT2D eigenvalue weighted by atomic mass is 10.1. The van der Waals surface area contributed by atoms with Gasteiger partial charge < -0.3 is 5.73 Å². The number of nitrogens with two attached hydrogens (primary N) is 1. The summed E-state index contributed by atoms with van der Waals surface area (Å²) in [5.74, 6) is -0.194. The van der Waals surface area contributed by atoms with E-state index in [1.54, 1.807) is 6.07 Å². The molecule has 2 N–H and O–H groups in total. The first kappa shape index (κ1) is 10.0. The number of anilines is 1. The first-order chi connectivity index (χ1) is 6.24. The van der Waals surface area contributed by atoms with Crippen molar-refractivity contribution in [2.45, 2.75) is 32.6 Å². The van der Waals surface area contributed by atoms with Crippen LogP contribution in [0.1, 0.15) is 31.7 Å². The maximum atomic E-state index is 12.8. The molecule has 1 aromatic rings. The van der Waals surface area contributed by atoms with Crippen molar-refractivity contribution in [1.29, 1.82) is 0 Å². The van der Waals surface area contributed by atoms with E-state index < -0.39 is 0 Å². The minimum Gasteiger partial charge on any atom is -0.399 e. The third kappa shape index (κ3) is 3.05. The first-order valence-electron chi connectivity index (χ1n) is 4.78. The second-order valence-electron chi connectivity index (χ2n) is 3.30. The highest BCUT2D eigenvalue weighted by Crippen LogP contribution is 2.16. The van der Waals surface area contributed by atoms with Crippen molar-refractivity contribution in [3.8, 4) is 0 Å².